The minimum Gasteiger partial charge on any atom is -0.507 e. The second-order valence-corrected chi connectivity index (χ2v) is 5.65. The van der Waals surface area contributed by atoms with Crippen molar-refractivity contribution >= 4 is 15.9 Å². The Kier molecular flexibility index (Phi) is 5.47. The van der Waals surface area contributed by atoms with Crippen molar-refractivity contribution in [2.75, 3.05) is 6.54 Å². The van der Waals surface area contributed by atoms with Crippen LogP contribution in [-0.4, -0.2) is 11.7 Å². The zero-order chi connectivity index (χ0) is 13.0. The fraction of sp³-hybridized carbons (Fsp3) is 0.571. The van der Waals surface area contributed by atoms with Gasteiger partial charge in [0.25, 0.3) is 0 Å². The van der Waals surface area contributed by atoms with E-state index in [1.807, 2.05) is 13.0 Å². The molecule has 0 bridgehead atoms. The molecule has 0 unspecified atom stereocenters. The Morgan fingerprint density at radius 2 is 2.00 bits per heavy atom. The molecule has 0 atom stereocenters. The Balaban J connectivity index is 3.08. The fourth-order valence-electron chi connectivity index (χ4n) is 2.00. The molecule has 1 aromatic rings. The van der Waals surface area contributed by atoms with Gasteiger partial charge in [-0.1, -0.05) is 29.8 Å². The Morgan fingerprint density at radius 1 is 1.35 bits per heavy atom. The van der Waals surface area contributed by atoms with Crippen molar-refractivity contribution < 1.29 is 5.11 Å². The van der Waals surface area contributed by atoms with E-state index in [0.29, 0.717) is 18.2 Å². The number of hydrogen-bond donors (Lipinski definition) is 2. The van der Waals surface area contributed by atoms with Crippen molar-refractivity contribution in [3.05, 3.63) is 27.2 Å². The van der Waals surface area contributed by atoms with Gasteiger partial charge in [0, 0.05) is 4.47 Å². The molecule has 0 saturated carbocycles. The molecular formula is C14H22BrNO. The summed E-state index contributed by atoms with van der Waals surface area (Å²) in [6, 6.07) is 2.03. The van der Waals surface area contributed by atoms with Gasteiger partial charge in [-0.15, -0.1) is 0 Å². The van der Waals surface area contributed by atoms with Gasteiger partial charge >= 0.3 is 0 Å². The second-order valence-electron chi connectivity index (χ2n) is 4.80. The van der Waals surface area contributed by atoms with Crippen LogP contribution in [0.1, 0.15) is 49.3 Å². The zero-order valence-electron chi connectivity index (χ0n) is 10.9. The maximum Gasteiger partial charge on any atom is 0.122 e. The lowest BCUT2D eigenvalue weighted by Crippen LogP contribution is -2.02. The van der Waals surface area contributed by atoms with Crippen molar-refractivity contribution in [2.24, 2.45) is 5.73 Å². The highest BCUT2D eigenvalue weighted by atomic mass is 79.9. The maximum atomic E-state index is 10.3. The van der Waals surface area contributed by atoms with Gasteiger partial charge in [-0.05, 0) is 61.4 Å². The summed E-state index contributed by atoms with van der Waals surface area (Å²) in [4.78, 5) is 0. The summed E-state index contributed by atoms with van der Waals surface area (Å²) in [5, 5.41) is 10.3. The molecule has 0 fully saturated rings. The van der Waals surface area contributed by atoms with E-state index < -0.39 is 0 Å². The summed E-state index contributed by atoms with van der Waals surface area (Å²) in [6.45, 7) is 6.96. The molecule has 3 N–H and O–H groups in total. The summed E-state index contributed by atoms with van der Waals surface area (Å²) >= 11 is 3.57. The van der Waals surface area contributed by atoms with E-state index in [1.165, 1.54) is 0 Å². The van der Waals surface area contributed by atoms with Crippen LogP contribution in [0.3, 0.4) is 0 Å². The van der Waals surface area contributed by atoms with Gasteiger partial charge in [0.15, 0.2) is 0 Å². The van der Waals surface area contributed by atoms with E-state index in [1.54, 1.807) is 0 Å². The third-order valence-electron chi connectivity index (χ3n) is 3.16. The first-order valence-electron chi connectivity index (χ1n) is 6.20. The first kappa shape index (κ1) is 14.5. The van der Waals surface area contributed by atoms with E-state index >= 15 is 0 Å². The zero-order valence-corrected chi connectivity index (χ0v) is 12.5. The quantitative estimate of drug-likeness (QED) is 0.811. The summed E-state index contributed by atoms with van der Waals surface area (Å²) in [7, 11) is 0. The number of hydrogen-bond acceptors (Lipinski definition) is 2. The third-order valence-corrected chi connectivity index (χ3v) is 3.98. The Morgan fingerprint density at radius 3 is 2.53 bits per heavy atom. The van der Waals surface area contributed by atoms with Crippen LogP contribution < -0.4 is 5.73 Å². The molecule has 0 spiro atoms. The molecule has 0 aliphatic carbocycles. The van der Waals surface area contributed by atoms with E-state index in [-0.39, 0.29) is 0 Å². The number of phenols is 1. The molecule has 0 amide bonds. The minimum atomic E-state index is 0.333. The van der Waals surface area contributed by atoms with Crippen molar-refractivity contribution in [3.63, 3.8) is 0 Å². The highest BCUT2D eigenvalue weighted by molar-refractivity contribution is 9.10. The standard InChI is InChI=1S/C14H22BrNO/c1-9(2)12-8-13(15)10(3)11(14(12)17)6-4-5-7-16/h8-9,17H,4-7,16H2,1-3H3. The predicted octanol–water partition coefficient (Wildman–Crippen LogP) is 3.87. The average molecular weight is 300 g/mol. The minimum absolute atomic E-state index is 0.333. The van der Waals surface area contributed by atoms with Gasteiger partial charge in [-0.2, -0.15) is 0 Å². The molecule has 0 aliphatic rings. The van der Waals surface area contributed by atoms with E-state index in [0.717, 1.165) is 40.4 Å². The molecule has 2 nitrogen and oxygen atoms in total. The van der Waals surface area contributed by atoms with Crippen LogP contribution in [-0.2, 0) is 6.42 Å². The molecule has 0 heterocycles. The average Bonchev–Trinajstić information content (AvgIpc) is 2.28. The van der Waals surface area contributed by atoms with Crippen molar-refractivity contribution in [1.29, 1.82) is 0 Å². The number of phenolic OH excluding ortho intramolecular Hbond substituents is 1. The number of rotatable bonds is 5. The first-order chi connectivity index (χ1) is 7.99. The van der Waals surface area contributed by atoms with Gasteiger partial charge in [0.2, 0.25) is 0 Å². The summed E-state index contributed by atoms with van der Waals surface area (Å²) in [5.74, 6) is 0.804. The van der Waals surface area contributed by atoms with Crippen molar-refractivity contribution in [3.8, 4) is 5.75 Å². The molecule has 0 aromatic heterocycles. The van der Waals surface area contributed by atoms with Crippen LogP contribution in [0.2, 0.25) is 0 Å². The maximum absolute atomic E-state index is 10.3. The Hall–Kier alpha value is -0.540. The van der Waals surface area contributed by atoms with Crippen LogP contribution in [0.15, 0.2) is 10.5 Å². The second kappa shape index (κ2) is 6.41. The van der Waals surface area contributed by atoms with Gasteiger partial charge in [0.05, 0.1) is 0 Å². The van der Waals surface area contributed by atoms with Gasteiger partial charge in [-0.3, -0.25) is 0 Å². The van der Waals surface area contributed by atoms with Crippen LogP contribution in [0, 0.1) is 6.92 Å². The van der Waals surface area contributed by atoms with Crippen LogP contribution in [0.5, 0.6) is 5.75 Å². The summed E-state index contributed by atoms with van der Waals surface area (Å²) in [6.07, 6.45) is 2.93. The molecule has 0 aliphatic heterocycles. The lowest BCUT2D eigenvalue weighted by Gasteiger charge is -2.16. The highest BCUT2D eigenvalue weighted by Crippen LogP contribution is 2.36. The molecular weight excluding hydrogens is 278 g/mol. The topological polar surface area (TPSA) is 46.2 Å². The van der Waals surface area contributed by atoms with E-state index in [9.17, 15) is 5.11 Å². The van der Waals surface area contributed by atoms with Crippen LogP contribution in [0.4, 0.5) is 0 Å². The number of halogens is 1. The van der Waals surface area contributed by atoms with Gasteiger partial charge < -0.3 is 10.8 Å². The molecule has 17 heavy (non-hydrogen) atoms. The molecule has 3 heteroatoms. The normalized spacial score (nSPS) is 11.2. The Bertz CT molecular complexity index is 388. The monoisotopic (exact) mass is 299 g/mol. The SMILES string of the molecule is Cc1c(Br)cc(C(C)C)c(O)c1CCCCN. The fourth-order valence-corrected chi connectivity index (χ4v) is 2.49. The number of nitrogens with two attached hydrogens (primary N) is 1. The molecule has 0 radical (unpaired) electrons. The van der Waals surface area contributed by atoms with Gasteiger partial charge in [0.1, 0.15) is 5.75 Å². The first-order valence-corrected chi connectivity index (χ1v) is 6.99. The highest BCUT2D eigenvalue weighted by Gasteiger charge is 2.15. The Labute approximate surface area is 112 Å². The lowest BCUT2D eigenvalue weighted by atomic mass is 9.93. The van der Waals surface area contributed by atoms with Crippen molar-refractivity contribution in [1.82, 2.24) is 0 Å². The van der Waals surface area contributed by atoms with Gasteiger partial charge in [-0.25, -0.2) is 0 Å². The van der Waals surface area contributed by atoms with E-state index in [2.05, 4.69) is 29.8 Å². The summed E-state index contributed by atoms with van der Waals surface area (Å²) in [5.41, 5.74) is 8.73. The number of unbranched alkanes of at least 4 members (excludes halogenated alkanes) is 1. The smallest absolute Gasteiger partial charge is 0.122 e. The van der Waals surface area contributed by atoms with Crippen LogP contribution >= 0.6 is 15.9 Å². The molecule has 0 saturated heterocycles. The molecule has 96 valence electrons. The molecule has 1 rings (SSSR count). The number of benzene rings is 1. The predicted molar refractivity (Wildman–Crippen MR) is 76.6 cm³/mol. The van der Waals surface area contributed by atoms with E-state index in [4.69, 9.17) is 5.73 Å². The summed E-state index contributed by atoms with van der Waals surface area (Å²) < 4.78 is 1.08. The lowest BCUT2D eigenvalue weighted by molar-refractivity contribution is 0.455. The largest absolute Gasteiger partial charge is 0.507 e. The van der Waals surface area contributed by atoms with Crippen molar-refractivity contribution in [2.45, 2.75) is 46.0 Å². The van der Waals surface area contributed by atoms with Crippen LogP contribution in [0.25, 0.3) is 0 Å². The number of aromatic hydroxyl groups is 1. The third kappa shape index (κ3) is 3.46. The molecule has 1 aromatic carbocycles.